The highest BCUT2D eigenvalue weighted by Crippen LogP contribution is 2.53. The van der Waals surface area contributed by atoms with Crippen LogP contribution in [0, 0.1) is 11.8 Å². The van der Waals surface area contributed by atoms with E-state index in [2.05, 4.69) is 10.6 Å². The van der Waals surface area contributed by atoms with Crippen molar-refractivity contribution in [3.63, 3.8) is 0 Å². The molecule has 4 atom stereocenters. The molecule has 3 aromatic rings. The third-order valence-corrected chi connectivity index (χ3v) is 7.77. The SMILES string of the molecule is O=C1[C@@H]2[C@@H](C(=O)N1CCc1ccccc1)[C@]1(N[C@@H]2Cc2ccccc2)C(=O)Nc2ccc(Cl)cc21. The first-order chi connectivity index (χ1) is 17.0. The molecule has 35 heavy (non-hydrogen) atoms. The van der Waals surface area contributed by atoms with Crippen LogP contribution < -0.4 is 10.6 Å². The first-order valence-electron chi connectivity index (χ1n) is 11.8. The van der Waals surface area contributed by atoms with Crippen LogP contribution in [0.3, 0.4) is 0 Å². The lowest BCUT2D eigenvalue weighted by atomic mass is 9.76. The van der Waals surface area contributed by atoms with Crippen LogP contribution in [0.4, 0.5) is 5.69 Å². The largest absolute Gasteiger partial charge is 0.324 e. The van der Waals surface area contributed by atoms with Crippen molar-refractivity contribution >= 4 is 35.0 Å². The number of nitrogens with zero attached hydrogens (tertiary/aromatic N) is 1. The molecule has 1 spiro atoms. The Kier molecular flexibility index (Phi) is 5.24. The van der Waals surface area contributed by atoms with Crippen LogP contribution in [0.1, 0.15) is 16.7 Å². The lowest BCUT2D eigenvalue weighted by Crippen LogP contribution is -2.53. The van der Waals surface area contributed by atoms with Gasteiger partial charge < -0.3 is 5.32 Å². The van der Waals surface area contributed by atoms with E-state index in [1.165, 1.54) is 4.90 Å². The fourth-order valence-electron chi connectivity index (χ4n) is 5.98. The Balaban J connectivity index is 1.41. The maximum Gasteiger partial charge on any atom is 0.250 e. The van der Waals surface area contributed by atoms with Crippen molar-refractivity contribution in [2.24, 2.45) is 11.8 Å². The van der Waals surface area contributed by atoms with E-state index in [9.17, 15) is 14.4 Å². The van der Waals surface area contributed by atoms with Gasteiger partial charge in [0.1, 0.15) is 5.54 Å². The van der Waals surface area contributed by atoms with Crippen LogP contribution in [-0.2, 0) is 32.8 Å². The molecule has 6 nitrogen and oxygen atoms in total. The number of anilines is 1. The summed E-state index contributed by atoms with van der Waals surface area (Å²) in [6, 6.07) is 24.4. The van der Waals surface area contributed by atoms with E-state index < -0.39 is 17.4 Å². The predicted octanol–water partition coefficient (Wildman–Crippen LogP) is 3.55. The van der Waals surface area contributed by atoms with Gasteiger partial charge in [-0.25, -0.2) is 0 Å². The normalized spacial score (nSPS) is 26.8. The van der Waals surface area contributed by atoms with Gasteiger partial charge in [0.2, 0.25) is 17.7 Å². The highest BCUT2D eigenvalue weighted by Gasteiger charge is 2.70. The number of benzene rings is 3. The minimum absolute atomic E-state index is 0.218. The highest BCUT2D eigenvalue weighted by molar-refractivity contribution is 6.31. The second-order valence-corrected chi connectivity index (χ2v) is 9.90. The summed E-state index contributed by atoms with van der Waals surface area (Å²) in [5.41, 5.74) is 2.00. The maximum absolute atomic E-state index is 13.9. The van der Waals surface area contributed by atoms with Gasteiger partial charge in [-0.05, 0) is 42.2 Å². The van der Waals surface area contributed by atoms with Crippen molar-refractivity contribution < 1.29 is 14.4 Å². The fourth-order valence-corrected chi connectivity index (χ4v) is 6.15. The van der Waals surface area contributed by atoms with E-state index in [0.717, 1.165) is 11.1 Å². The molecule has 7 heteroatoms. The van der Waals surface area contributed by atoms with Crippen LogP contribution in [0.25, 0.3) is 0 Å². The molecule has 0 aliphatic carbocycles. The second kappa shape index (κ2) is 8.33. The number of hydrogen-bond acceptors (Lipinski definition) is 4. The van der Waals surface area contributed by atoms with E-state index in [-0.39, 0.29) is 30.3 Å². The van der Waals surface area contributed by atoms with Crippen molar-refractivity contribution in [2.45, 2.75) is 24.4 Å². The Bertz CT molecular complexity index is 1330. The molecule has 176 valence electrons. The van der Waals surface area contributed by atoms with Crippen LogP contribution >= 0.6 is 11.6 Å². The summed E-state index contributed by atoms with van der Waals surface area (Å²) in [6.45, 7) is 0.285. The van der Waals surface area contributed by atoms with Crippen molar-refractivity contribution in [1.29, 1.82) is 0 Å². The van der Waals surface area contributed by atoms with E-state index >= 15 is 0 Å². The summed E-state index contributed by atoms with van der Waals surface area (Å²) in [7, 11) is 0. The van der Waals surface area contributed by atoms with Gasteiger partial charge in [0, 0.05) is 28.9 Å². The number of nitrogens with one attached hydrogen (secondary N) is 2. The van der Waals surface area contributed by atoms with Crippen molar-refractivity contribution in [1.82, 2.24) is 10.2 Å². The van der Waals surface area contributed by atoms with Gasteiger partial charge in [-0.15, -0.1) is 0 Å². The zero-order valence-corrected chi connectivity index (χ0v) is 19.7. The van der Waals surface area contributed by atoms with Gasteiger partial charge >= 0.3 is 0 Å². The molecule has 3 aliphatic rings. The quantitative estimate of drug-likeness (QED) is 0.542. The smallest absolute Gasteiger partial charge is 0.250 e. The van der Waals surface area contributed by atoms with E-state index in [4.69, 9.17) is 11.6 Å². The Hall–Kier alpha value is -3.48. The average Bonchev–Trinajstić information content (AvgIpc) is 3.44. The number of carbonyl (C=O) groups is 3. The molecule has 0 saturated carbocycles. The Labute approximate surface area is 208 Å². The summed E-state index contributed by atoms with van der Waals surface area (Å²) in [5.74, 6) is -2.31. The molecule has 0 bridgehead atoms. The molecule has 2 N–H and O–H groups in total. The topological polar surface area (TPSA) is 78.5 Å². The summed E-state index contributed by atoms with van der Waals surface area (Å²) in [6.07, 6.45) is 1.09. The minimum atomic E-state index is -1.33. The number of halogens is 1. The number of amides is 3. The Morgan fingerprint density at radius 1 is 0.857 bits per heavy atom. The molecule has 2 saturated heterocycles. The van der Waals surface area contributed by atoms with Gasteiger partial charge in [0.05, 0.1) is 11.8 Å². The van der Waals surface area contributed by atoms with Crippen LogP contribution in [0.5, 0.6) is 0 Å². The van der Waals surface area contributed by atoms with Gasteiger partial charge in [-0.2, -0.15) is 0 Å². The molecule has 3 aromatic carbocycles. The van der Waals surface area contributed by atoms with Crippen molar-refractivity contribution in [3.05, 3.63) is 101 Å². The van der Waals surface area contributed by atoms with Gasteiger partial charge in [0.25, 0.3) is 0 Å². The number of likely N-dealkylation sites (tertiary alicyclic amines) is 1. The summed E-state index contributed by atoms with van der Waals surface area (Å²) in [5, 5.41) is 6.86. The second-order valence-electron chi connectivity index (χ2n) is 9.46. The average molecular weight is 486 g/mol. The number of imide groups is 1. The number of hydrogen-bond donors (Lipinski definition) is 2. The number of fused-ring (bicyclic) bond motifs is 4. The molecule has 3 amide bonds. The maximum atomic E-state index is 13.9. The molecular formula is C28H24ClN3O3. The first kappa shape index (κ1) is 22.0. The number of carbonyl (C=O) groups excluding carboxylic acids is 3. The third kappa shape index (κ3) is 3.39. The first-order valence-corrected chi connectivity index (χ1v) is 12.2. The summed E-state index contributed by atoms with van der Waals surface area (Å²) >= 11 is 6.32. The minimum Gasteiger partial charge on any atom is -0.324 e. The lowest BCUT2D eigenvalue weighted by Gasteiger charge is -2.29. The van der Waals surface area contributed by atoms with Crippen LogP contribution in [0.15, 0.2) is 78.9 Å². The Morgan fingerprint density at radius 2 is 1.54 bits per heavy atom. The zero-order valence-electron chi connectivity index (χ0n) is 18.9. The molecule has 0 unspecified atom stereocenters. The molecule has 2 fully saturated rings. The standard InChI is InChI=1S/C28H24ClN3O3/c29-19-11-12-21-20(16-19)28(27(35)30-21)24-23(22(31-28)15-18-9-5-2-6-10-18)25(33)32(26(24)34)14-13-17-7-3-1-4-8-17/h1-12,16,22-24,31H,13-15H2,(H,30,35)/t22-,23+,24+,28+/m1/s1. The van der Waals surface area contributed by atoms with Gasteiger partial charge in [-0.3, -0.25) is 24.6 Å². The van der Waals surface area contributed by atoms with Gasteiger partial charge in [-0.1, -0.05) is 72.3 Å². The third-order valence-electron chi connectivity index (χ3n) is 7.53. The molecule has 0 radical (unpaired) electrons. The van der Waals surface area contributed by atoms with Crippen molar-refractivity contribution in [3.8, 4) is 0 Å². The van der Waals surface area contributed by atoms with E-state index in [0.29, 0.717) is 29.1 Å². The van der Waals surface area contributed by atoms with Gasteiger partial charge in [0.15, 0.2) is 0 Å². The molecule has 0 aromatic heterocycles. The summed E-state index contributed by atoms with van der Waals surface area (Å²) < 4.78 is 0. The monoisotopic (exact) mass is 485 g/mol. The molecule has 6 rings (SSSR count). The van der Waals surface area contributed by atoms with Crippen LogP contribution in [-0.4, -0.2) is 35.2 Å². The predicted molar refractivity (Wildman–Crippen MR) is 133 cm³/mol. The van der Waals surface area contributed by atoms with Crippen molar-refractivity contribution in [2.75, 3.05) is 11.9 Å². The lowest BCUT2D eigenvalue weighted by molar-refractivity contribution is -0.142. The molecule has 3 aliphatic heterocycles. The van der Waals surface area contributed by atoms with E-state index in [1.807, 2.05) is 60.7 Å². The fraction of sp³-hybridized carbons (Fsp3) is 0.250. The van der Waals surface area contributed by atoms with E-state index in [1.54, 1.807) is 18.2 Å². The highest BCUT2D eigenvalue weighted by atomic mass is 35.5. The number of rotatable bonds is 5. The summed E-state index contributed by atoms with van der Waals surface area (Å²) in [4.78, 5) is 42.5. The molecular weight excluding hydrogens is 462 g/mol. The molecule has 3 heterocycles. The Morgan fingerprint density at radius 3 is 2.26 bits per heavy atom. The van der Waals surface area contributed by atoms with Crippen LogP contribution in [0.2, 0.25) is 5.02 Å². The zero-order chi connectivity index (χ0) is 24.2.